The van der Waals surface area contributed by atoms with E-state index in [1.165, 1.54) is 26.5 Å². The molecule has 4 heteroatoms. The van der Waals surface area contributed by atoms with E-state index in [2.05, 4.69) is 61.5 Å². The van der Waals surface area contributed by atoms with Gasteiger partial charge in [-0.2, -0.15) is 0 Å². The van der Waals surface area contributed by atoms with Crippen LogP contribution in [0, 0.1) is 0 Å². The first-order chi connectivity index (χ1) is 10.7. The van der Waals surface area contributed by atoms with Crippen molar-refractivity contribution in [3.63, 3.8) is 0 Å². The van der Waals surface area contributed by atoms with Crippen molar-refractivity contribution in [2.24, 2.45) is 0 Å². The minimum Gasteiger partial charge on any atom is -0.497 e. The minimum absolute atomic E-state index is 0. The number of ether oxygens (including phenoxy) is 1. The van der Waals surface area contributed by atoms with Crippen LogP contribution in [-0.4, -0.2) is 32.6 Å². The molecule has 1 aliphatic rings. The van der Waals surface area contributed by atoms with Crippen molar-refractivity contribution in [2.45, 2.75) is 16.2 Å². The summed E-state index contributed by atoms with van der Waals surface area (Å²) in [6, 6.07) is 15.0. The fourth-order valence-electron chi connectivity index (χ4n) is 2.66. The van der Waals surface area contributed by atoms with Crippen LogP contribution in [0.15, 0.2) is 58.3 Å². The highest BCUT2D eigenvalue weighted by Gasteiger charge is 2.20. The molecule has 0 atom stereocenters. The van der Waals surface area contributed by atoms with E-state index in [-0.39, 0.29) is 12.4 Å². The molecule has 0 spiro atoms. The van der Waals surface area contributed by atoms with Crippen LogP contribution < -0.4 is 4.74 Å². The topological polar surface area (TPSA) is 12.5 Å². The molecule has 0 saturated heterocycles. The molecule has 0 aliphatic carbocycles. The molecule has 0 radical (unpaired) electrons. The Hall–Kier alpha value is -1.42. The molecule has 0 bridgehead atoms. The van der Waals surface area contributed by atoms with Crippen LogP contribution in [0.3, 0.4) is 0 Å². The van der Waals surface area contributed by atoms with E-state index in [0.29, 0.717) is 0 Å². The lowest BCUT2D eigenvalue weighted by atomic mass is 9.96. The fourth-order valence-corrected chi connectivity index (χ4v) is 3.75. The third-order valence-corrected chi connectivity index (χ3v) is 4.95. The molecule has 2 aromatic rings. The summed E-state index contributed by atoms with van der Waals surface area (Å²) < 4.78 is 5.41. The number of methoxy groups -OCH3 is 1. The van der Waals surface area contributed by atoms with Crippen LogP contribution in [0.5, 0.6) is 5.75 Å². The van der Waals surface area contributed by atoms with Crippen molar-refractivity contribution >= 4 is 29.7 Å². The van der Waals surface area contributed by atoms with Crippen LogP contribution in [-0.2, 0) is 0 Å². The van der Waals surface area contributed by atoms with Gasteiger partial charge < -0.3 is 9.64 Å². The van der Waals surface area contributed by atoms with E-state index in [9.17, 15) is 0 Å². The third-order valence-electron chi connectivity index (χ3n) is 3.80. The van der Waals surface area contributed by atoms with Crippen LogP contribution in [0.25, 0.3) is 5.57 Å². The van der Waals surface area contributed by atoms with Crippen LogP contribution in [0.4, 0.5) is 0 Å². The second-order valence-corrected chi connectivity index (χ2v) is 6.75. The van der Waals surface area contributed by atoms with Crippen LogP contribution >= 0.6 is 24.2 Å². The molecule has 1 heterocycles. The maximum atomic E-state index is 5.41. The van der Waals surface area contributed by atoms with E-state index < -0.39 is 0 Å². The first-order valence-corrected chi connectivity index (χ1v) is 8.31. The molecule has 122 valence electrons. The summed E-state index contributed by atoms with van der Waals surface area (Å²) in [6.07, 6.45) is 3.40. The lowest BCUT2D eigenvalue weighted by molar-refractivity contribution is 0.414. The molecule has 2 aromatic carbocycles. The number of nitrogens with zero attached hydrogens (tertiary/aromatic N) is 1. The van der Waals surface area contributed by atoms with Crippen molar-refractivity contribution < 1.29 is 4.74 Å². The number of benzene rings is 2. The smallest absolute Gasteiger partial charge is 0.119 e. The van der Waals surface area contributed by atoms with Gasteiger partial charge in [0.05, 0.1) is 7.11 Å². The maximum Gasteiger partial charge on any atom is 0.119 e. The number of rotatable bonds is 4. The lowest BCUT2D eigenvalue weighted by Gasteiger charge is -2.23. The monoisotopic (exact) mass is 347 g/mol. The van der Waals surface area contributed by atoms with Crippen LogP contribution in [0.1, 0.15) is 17.5 Å². The summed E-state index contributed by atoms with van der Waals surface area (Å²) in [4.78, 5) is 4.85. The molecule has 0 aromatic heterocycles. The Morgan fingerprint density at radius 3 is 2.52 bits per heavy atom. The molecule has 0 amide bonds. The second kappa shape index (κ2) is 7.91. The van der Waals surface area contributed by atoms with Gasteiger partial charge in [0.1, 0.15) is 5.75 Å². The van der Waals surface area contributed by atoms with Crippen LogP contribution in [0.2, 0.25) is 0 Å². The second-order valence-electron chi connectivity index (χ2n) is 5.67. The van der Waals surface area contributed by atoms with Gasteiger partial charge in [-0.05, 0) is 61.5 Å². The third kappa shape index (κ3) is 3.92. The quantitative estimate of drug-likeness (QED) is 0.661. The molecule has 3 rings (SSSR count). The summed E-state index contributed by atoms with van der Waals surface area (Å²) >= 11 is 1.84. The zero-order valence-electron chi connectivity index (χ0n) is 13.7. The normalized spacial score (nSPS) is 14.2. The minimum atomic E-state index is 0. The van der Waals surface area contributed by atoms with Gasteiger partial charge in [0, 0.05) is 16.3 Å². The summed E-state index contributed by atoms with van der Waals surface area (Å²) in [5, 5.41) is 0. The number of hydrogen-bond donors (Lipinski definition) is 0. The van der Waals surface area contributed by atoms with Crippen molar-refractivity contribution in [3.8, 4) is 5.75 Å². The van der Waals surface area contributed by atoms with Gasteiger partial charge in [0.15, 0.2) is 0 Å². The number of hydrogen-bond acceptors (Lipinski definition) is 3. The Balaban J connectivity index is 0.00000192. The molecule has 1 aliphatic heterocycles. The Labute approximate surface area is 148 Å². The molecule has 0 N–H and O–H groups in total. The molecular weight excluding hydrogens is 326 g/mol. The molecule has 0 unspecified atom stereocenters. The van der Waals surface area contributed by atoms with E-state index >= 15 is 0 Å². The summed E-state index contributed by atoms with van der Waals surface area (Å²) in [6.45, 7) is 1.05. The van der Waals surface area contributed by atoms with Gasteiger partial charge in [-0.25, -0.2) is 0 Å². The summed E-state index contributed by atoms with van der Waals surface area (Å²) in [7, 11) is 5.95. The average molecular weight is 348 g/mol. The Morgan fingerprint density at radius 1 is 1.04 bits per heavy atom. The number of fused-ring (bicyclic) bond motifs is 2. The Bertz CT molecular complexity index is 712. The first-order valence-electron chi connectivity index (χ1n) is 7.49. The Morgan fingerprint density at radius 2 is 1.78 bits per heavy atom. The Kier molecular flexibility index (Phi) is 6.17. The van der Waals surface area contributed by atoms with E-state index in [1.54, 1.807) is 7.11 Å². The predicted molar refractivity (Wildman–Crippen MR) is 101 cm³/mol. The zero-order chi connectivity index (χ0) is 15.5. The summed E-state index contributed by atoms with van der Waals surface area (Å²) in [5.74, 6) is 0.914. The van der Waals surface area contributed by atoms with Gasteiger partial charge in [0.2, 0.25) is 0 Å². The zero-order valence-corrected chi connectivity index (χ0v) is 15.3. The highest BCUT2D eigenvalue weighted by molar-refractivity contribution is 7.99. The summed E-state index contributed by atoms with van der Waals surface area (Å²) in [5.41, 5.74) is 3.93. The van der Waals surface area contributed by atoms with E-state index in [4.69, 9.17) is 4.74 Å². The standard InChI is InChI=1S/C19H21NOS.ClH/c1-20(2)12-6-8-15-16-7-4-5-9-18(16)22-19-11-10-14(21-3)13-17(15)19;/h4-5,7-11,13H,6,12H2,1-3H3;1H/b15-8+;. The van der Waals surface area contributed by atoms with Gasteiger partial charge in [-0.15, -0.1) is 12.4 Å². The molecule has 0 fully saturated rings. The van der Waals surface area contributed by atoms with E-state index in [0.717, 1.165) is 18.7 Å². The molecule has 23 heavy (non-hydrogen) atoms. The van der Waals surface area contributed by atoms with Gasteiger partial charge in [-0.3, -0.25) is 0 Å². The van der Waals surface area contributed by atoms with Crippen molar-refractivity contribution in [2.75, 3.05) is 27.7 Å². The maximum absolute atomic E-state index is 5.41. The SMILES string of the molecule is COc1ccc2c(c1)/C(=C/CCN(C)C)c1ccccc1S2.Cl. The molecule has 2 nitrogen and oxygen atoms in total. The lowest BCUT2D eigenvalue weighted by Crippen LogP contribution is -2.12. The van der Waals surface area contributed by atoms with Gasteiger partial charge in [0.25, 0.3) is 0 Å². The molecule has 0 saturated carbocycles. The molecular formula is C19H22ClNOS. The van der Waals surface area contributed by atoms with Crippen molar-refractivity contribution in [3.05, 3.63) is 59.7 Å². The highest BCUT2D eigenvalue weighted by atomic mass is 35.5. The van der Waals surface area contributed by atoms with E-state index in [1.807, 2.05) is 17.8 Å². The average Bonchev–Trinajstić information content (AvgIpc) is 2.53. The largest absolute Gasteiger partial charge is 0.497 e. The highest BCUT2D eigenvalue weighted by Crippen LogP contribution is 2.46. The predicted octanol–water partition coefficient (Wildman–Crippen LogP) is 4.97. The van der Waals surface area contributed by atoms with Crippen molar-refractivity contribution in [1.82, 2.24) is 4.90 Å². The number of halogens is 1. The first kappa shape index (κ1) is 17.9. The van der Waals surface area contributed by atoms with Gasteiger partial charge in [-0.1, -0.05) is 36.0 Å². The van der Waals surface area contributed by atoms with Crippen molar-refractivity contribution in [1.29, 1.82) is 0 Å². The van der Waals surface area contributed by atoms with Gasteiger partial charge >= 0.3 is 0 Å². The fraction of sp³-hybridized carbons (Fsp3) is 0.263.